The van der Waals surface area contributed by atoms with Crippen LogP contribution in [0.4, 0.5) is 0 Å². The zero-order chi connectivity index (χ0) is 15.0. The number of likely N-dealkylation sites (tertiary alicyclic amines) is 1. The fourth-order valence-corrected chi connectivity index (χ4v) is 3.12. The number of nitrogens with one attached hydrogen (secondary N) is 1. The molecule has 3 rings (SSSR count). The van der Waals surface area contributed by atoms with Crippen LogP contribution in [0, 0.1) is 0 Å². The van der Waals surface area contributed by atoms with Crippen molar-refractivity contribution in [2.24, 2.45) is 0 Å². The summed E-state index contributed by atoms with van der Waals surface area (Å²) in [6.45, 7) is 0.691. The fraction of sp³-hybridized carbons (Fsp3) is 0.467. The number of amides is 1. The van der Waals surface area contributed by atoms with E-state index >= 15 is 0 Å². The first-order valence-electron chi connectivity index (χ1n) is 7.08. The SMILES string of the molecule is O=C(O)[C@H]1C[C@@H](O)CN1C(=O)[C@H]1Cc2ccccc2CN1. The van der Waals surface area contributed by atoms with E-state index in [1.165, 1.54) is 4.90 Å². The summed E-state index contributed by atoms with van der Waals surface area (Å²) in [5.74, 6) is -1.30. The maximum Gasteiger partial charge on any atom is 0.326 e. The Balaban J connectivity index is 1.76. The highest BCUT2D eigenvalue weighted by Gasteiger charge is 2.41. The predicted molar refractivity (Wildman–Crippen MR) is 74.5 cm³/mol. The van der Waals surface area contributed by atoms with Crippen molar-refractivity contribution in [3.05, 3.63) is 35.4 Å². The van der Waals surface area contributed by atoms with E-state index in [0.717, 1.165) is 11.1 Å². The van der Waals surface area contributed by atoms with E-state index in [0.29, 0.717) is 13.0 Å². The second-order valence-corrected chi connectivity index (χ2v) is 5.64. The third kappa shape index (κ3) is 2.64. The molecule has 1 fully saturated rings. The maximum atomic E-state index is 12.6. The topological polar surface area (TPSA) is 89.9 Å². The molecule has 0 radical (unpaired) electrons. The van der Waals surface area contributed by atoms with Crippen LogP contribution in [0.2, 0.25) is 0 Å². The van der Waals surface area contributed by atoms with Gasteiger partial charge < -0.3 is 20.4 Å². The molecule has 6 nitrogen and oxygen atoms in total. The van der Waals surface area contributed by atoms with E-state index < -0.39 is 24.2 Å². The number of β-amino-alcohol motifs (C(OH)–C–C–N with tert-alkyl or cyclic N) is 1. The summed E-state index contributed by atoms with van der Waals surface area (Å²) >= 11 is 0. The smallest absolute Gasteiger partial charge is 0.326 e. The van der Waals surface area contributed by atoms with Gasteiger partial charge in [-0.1, -0.05) is 24.3 Å². The van der Waals surface area contributed by atoms with Gasteiger partial charge in [0, 0.05) is 19.5 Å². The highest BCUT2D eigenvalue weighted by Crippen LogP contribution is 2.22. The maximum absolute atomic E-state index is 12.6. The van der Waals surface area contributed by atoms with E-state index in [2.05, 4.69) is 5.32 Å². The van der Waals surface area contributed by atoms with Gasteiger partial charge in [-0.25, -0.2) is 4.79 Å². The molecule has 1 saturated heterocycles. The number of nitrogens with zero attached hydrogens (tertiary/aromatic N) is 1. The van der Waals surface area contributed by atoms with Crippen LogP contribution in [0.15, 0.2) is 24.3 Å². The molecule has 3 atom stereocenters. The highest BCUT2D eigenvalue weighted by atomic mass is 16.4. The lowest BCUT2D eigenvalue weighted by Gasteiger charge is -2.30. The van der Waals surface area contributed by atoms with Crippen LogP contribution in [0.25, 0.3) is 0 Å². The van der Waals surface area contributed by atoms with Crippen LogP contribution in [0.3, 0.4) is 0 Å². The molecular formula is C15H18N2O4. The van der Waals surface area contributed by atoms with Crippen LogP contribution in [0.1, 0.15) is 17.5 Å². The average Bonchev–Trinajstić information content (AvgIpc) is 2.88. The van der Waals surface area contributed by atoms with Gasteiger partial charge in [-0.15, -0.1) is 0 Å². The van der Waals surface area contributed by atoms with Crippen LogP contribution >= 0.6 is 0 Å². The summed E-state index contributed by atoms with van der Waals surface area (Å²) < 4.78 is 0. The third-order valence-electron chi connectivity index (χ3n) is 4.23. The molecule has 1 aromatic rings. The molecule has 0 aliphatic carbocycles. The highest BCUT2D eigenvalue weighted by molar-refractivity contribution is 5.88. The Morgan fingerprint density at radius 2 is 1.95 bits per heavy atom. The lowest BCUT2D eigenvalue weighted by molar-refractivity contribution is -0.149. The average molecular weight is 290 g/mol. The number of hydrogen-bond acceptors (Lipinski definition) is 4. The first-order chi connectivity index (χ1) is 10.1. The molecule has 1 amide bonds. The summed E-state index contributed by atoms with van der Waals surface area (Å²) in [6.07, 6.45) is -0.107. The molecule has 3 N–H and O–H groups in total. The van der Waals surface area contributed by atoms with E-state index in [1.54, 1.807) is 0 Å². The van der Waals surface area contributed by atoms with Crippen molar-refractivity contribution < 1.29 is 19.8 Å². The summed E-state index contributed by atoms with van der Waals surface area (Å²) in [4.78, 5) is 25.1. The molecule has 2 aliphatic heterocycles. The molecule has 21 heavy (non-hydrogen) atoms. The lowest BCUT2D eigenvalue weighted by atomic mass is 9.95. The Bertz CT molecular complexity index is 575. The van der Waals surface area contributed by atoms with Gasteiger partial charge in [0.15, 0.2) is 0 Å². The molecule has 0 bridgehead atoms. The predicted octanol–water partition coefficient (Wildman–Crippen LogP) is -0.253. The first-order valence-corrected chi connectivity index (χ1v) is 7.08. The number of rotatable bonds is 2. The minimum Gasteiger partial charge on any atom is -0.480 e. The minimum absolute atomic E-state index is 0.0929. The Morgan fingerprint density at radius 3 is 2.67 bits per heavy atom. The van der Waals surface area contributed by atoms with Crippen molar-refractivity contribution in [1.29, 1.82) is 0 Å². The number of aliphatic carboxylic acids is 1. The van der Waals surface area contributed by atoms with Gasteiger partial charge in [-0.3, -0.25) is 4.79 Å². The quantitative estimate of drug-likeness (QED) is 0.699. The second-order valence-electron chi connectivity index (χ2n) is 5.64. The van der Waals surface area contributed by atoms with Crippen molar-refractivity contribution >= 4 is 11.9 Å². The Hall–Kier alpha value is -1.92. The van der Waals surface area contributed by atoms with Gasteiger partial charge in [0.25, 0.3) is 0 Å². The fourth-order valence-electron chi connectivity index (χ4n) is 3.12. The van der Waals surface area contributed by atoms with Crippen LogP contribution in [-0.4, -0.2) is 51.7 Å². The van der Waals surface area contributed by atoms with E-state index in [-0.39, 0.29) is 18.9 Å². The Morgan fingerprint density at radius 1 is 1.24 bits per heavy atom. The number of fused-ring (bicyclic) bond motifs is 1. The summed E-state index contributed by atoms with van der Waals surface area (Å²) in [6, 6.07) is 6.55. The van der Waals surface area contributed by atoms with Crippen molar-refractivity contribution in [1.82, 2.24) is 10.2 Å². The number of carbonyl (C=O) groups excluding carboxylic acids is 1. The van der Waals surface area contributed by atoms with Gasteiger partial charge >= 0.3 is 5.97 Å². The standard InChI is InChI=1S/C15H18N2O4/c18-11-6-13(15(20)21)17(8-11)14(19)12-5-9-3-1-2-4-10(9)7-16-12/h1-4,11-13,16,18H,5-8H2,(H,20,21)/t11-,12-,13-/m1/s1. The molecule has 2 heterocycles. The number of hydrogen-bond donors (Lipinski definition) is 3. The molecule has 112 valence electrons. The van der Waals surface area contributed by atoms with Crippen molar-refractivity contribution in [3.8, 4) is 0 Å². The number of carbonyl (C=O) groups is 2. The Labute approximate surface area is 122 Å². The number of carboxylic acids is 1. The molecule has 0 saturated carbocycles. The molecule has 0 spiro atoms. The van der Waals surface area contributed by atoms with Gasteiger partial charge in [0.05, 0.1) is 12.1 Å². The summed E-state index contributed by atoms with van der Waals surface area (Å²) in [5.41, 5.74) is 2.28. The molecule has 2 aliphatic rings. The zero-order valence-electron chi connectivity index (χ0n) is 11.5. The minimum atomic E-state index is -1.06. The van der Waals surface area contributed by atoms with Crippen molar-refractivity contribution in [2.75, 3.05) is 6.54 Å². The normalized spacial score (nSPS) is 28.2. The van der Waals surface area contributed by atoms with Crippen molar-refractivity contribution in [3.63, 3.8) is 0 Å². The Kier molecular flexibility index (Phi) is 3.65. The third-order valence-corrected chi connectivity index (χ3v) is 4.23. The molecule has 1 aromatic carbocycles. The van der Waals surface area contributed by atoms with Gasteiger partial charge in [-0.05, 0) is 17.5 Å². The van der Waals surface area contributed by atoms with Crippen LogP contribution in [-0.2, 0) is 22.6 Å². The molecule has 0 aromatic heterocycles. The van der Waals surface area contributed by atoms with E-state index in [1.807, 2.05) is 24.3 Å². The summed E-state index contributed by atoms with van der Waals surface area (Å²) in [7, 11) is 0. The van der Waals surface area contributed by atoms with Crippen molar-refractivity contribution in [2.45, 2.75) is 37.6 Å². The van der Waals surface area contributed by atoms with E-state index in [9.17, 15) is 19.8 Å². The first kappa shape index (κ1) is 14.0. The monoisotopic (exact) mass is 290 g/mol. The largest absolute Gasteiger partial charge is 0.480 e. The number of carboxylic acid groups (broad SMARTS) is 1. The van der Waals surface area contributed by atoms with Crippen LogP contribution < -0.4 is 5.32 Å². The van der Waals surface area contributed by atoms with E-state index in [4.69, 9.17) is 0 Å². The number of benzene rings is 1. The van der Waals surface area contributed by atoms with Crippen LogP contribution in [0.5, 0.6) is 0 Å². The lowest BCUT2D eigenvalue weighted by Crippen LogP contribution is -2.52. The zero-order valence-corrected chi connectivity index (χ0v) is 11.5. The summed E-state index contributed by atoms with van der Waals surface area (Å²) in [5, 5.41) is 22.0. The van der Waals surface area contributed by atoms with Gasteiger partial charge in [0.2, 0.25) is 5.91 Å². The molecule has 6 heteroatoms. The number of aliphatic hydroxyl groups excluding tert-OH is 1. The van der Waals surface area contributed by atoms with Gasteiger partial charge in [0.1, 0.15) is 6.04 Å². The number of aliphatic hydroxyl groups is 1. The second kappa shape index (κ2) is 5.46. The van der Waals surface area contributed by atoms with Gasteiger partial charge in [-0.2, -0.15) is 0 Å². The molecular weight excluding hydrogens is 272 g/mol. The molecule has 0 unspecified atom stereocenters.